The molecule has 122 valence electrons. The van der Waals surface area contributed by atoms with E-state index in [2.05, 4.69) is 22.9 Å². The molecule has 1 heterocycles. The Kier molecular flexibility index (Phi) is 6.70. The molecule has 1 amide bonds. The zero-order valence-corrected chi connectivity index (χ0v) is 14.6. The fourth-order valence-corrected chi connectivity index (χ4v) is 3.19. The minimum Gasteiger partial charge on any atom is -0.465 e. The Morgan fingerprint density at radius 1 is 1.41 bits per heavy atom. The van der Waals surface area contributed by atoms with Gasteiger partial charge in [0.05, 0.1) is 12.7 Å². The third kappa shape index (κ3) is 4.99. The highest BCUT2D eigenvalue weighted by molar-refractivity contribution is 9.10. The van der Waals surface area contributed by atoms with E-state index in [-0.39, 0.29) is 12.1 Å². The van der Waals surface area contributed by atoms with E-state index < -0.39 is 6.09 Å². The van der Waals surface area contributed by atoms with Crippen LogP contribution in [-0.4, -0.2) is 34.8 Å². The molecule has 0 aliphatic carbocycles. The summed E-state index contributed by atoms with van der Waals surface area (Å²) in [7, 11) is 0. The first-order chi connectivity index (χ1) is 10.6. The zero-order chi connectivity index (χ0) is 15.9. The van der Waals surface area contributed by atoms with Crippen molar-refractivity contribution in [3.63, 3.8) is 0 Å². The average Bonchev–Trinajstić information content (AvgIpc) is 2.52. The molecule has 1 aromatic rings. The summed E-state index contributed by atoms with van der Waals surface area (Å²) in [6.07, 6.45) is 4.03. The Labute approximate surface area is 140 Å². The number of hydrogen-bond donors (Lipinski definition) is 1. The molecule has 1 aliphatic heterocycles. The molecular formula is C17H24BrNO3. The number of benzene rings is 1. The van der Waals surface area contributed by atoms with Gasteiger partial charge in [-0.25, -0.2) is 4.79 Å². The molecule has 1 aromatic carbocycles. The molecular weight excluding hydrogens is 346 g/mol. The maximum Gasteiger partial charge on any atom is 0.407 e. The third-order valence-electron chi connectivity index (χ3n) is 4.20. The Balaban J connectivity index is 1.87. The van der Waals surface area contributed by atoms with Crippen molar-refractivity contribution < 1.29 is 14.6 Å². The number of likely N-dealkylation sites (tertiary alicyclic amines) is 1. The van der Waals surface area contributed by atoms with E-state index in [1.807, 2.05) is 24.3 Å². The number of hydrogen-bond acceptors (Lipinski definition) is 2. The monoisotopic (exact) mass is 369 g/mol. The average molecular weight is 370 g/mol. The second kappa shape index (κ2) is 8.53. The second-order valence-electron chi connectivity index (χ2n) is 5.86. The first-order valence-electron chi connectivity index (χ1n) is 7.95. The van der Waals surface area contributed by atoms with Gasteiger partial charge in [0.1, 0.15) is 0 Å². The normalized spacial score (nSPS) is 21.8. The minimum atomic E-state index is -0.799. The number of halogens is 1. The van der Waals surface area contributed by atoms with Gasteiger partial charge in [0, 0.05) is 17.1 Å². The Morgan fingerprint density at radius 3 is 2.77 bits per heavy atom. The topological polar surface area (TPSA) is 49.8 Å². The molecule has 2 atom stereocenters. The van der Waals surface area contributed by atoms with Crippen molar-refractivity contribution in [2.45, 2.75) is 57.8 Å². The standard InChI is InChI=1S/C17H24BrNO3/c1-2-3-4-15-11-16(9-10-19(15)17(20)21)22-12-13-5-7-14(18)8-6-13/h5-8,15-16H,2-4,9-12H2,1H3,(H,20,21). The van der Waals surface area contributed by atoms with Crippen LogP contribution in [0.5, 0.6) is 0 Å². The van der Waals surface area contributed by atoms with Gasteiger partial charge in [0.2, 0.25) is 0 Å². The summed E-state index contributed by atoms with van der Waals surface area (Å²) in [6, 6.07) is 8.21. The lowest BCUT2D eigenvalue weighted by molar-refractivity contribution is -0.0208. The van der Waals surface area contributed by atoms with Gasteiger partial charge in [-0.2, -0.15) is 0 Å². The van der Waals surface area contributed by atoms with Gasteiger partial charge in [0.25, 0.3) is 0 Å². The third-order valence-corrected chi connectivity index (χ3v) is 4.73. The number of amides is 1. The zero-order valence-electron chi connectivity index (χ0n) is 13.0. The van der Waals surface area contributed by atoms with Crippen LogP contribution in [0, 0.1) is 0 Å². The molecule has 0 saturated carbocycles. The Hall–Kier alpha value is -1.07. The van der Waals surface area contributed by atoms with Crippen LogP contribution in [-0.2, 0) is 11.3 Å². The molecule has 2 rings (SSSR count). The molecule has 0 spiro atoms. The van der Waals surface area contributed by atoms with Crippen LogP contribution in [0.3, 0.4) is 0 Å². The van der Waals surface area contributed by atoms with Crippen molar-refractivity contribution in [2.75, 3.05) is 6.54 Å². The molecule has 1 fully saturated rings. The molecule has 0 radical (unpaired) electrons. The summed E-state index contributed by atoms with van der Waals surface area (Å²) in [5, 5.41) is 9.31. The van der Waals surface area contributed by atoms with E-state index in [1.165, 1.54) is 0 Å². The fourth-order valence-electron chi connectivity index (χ4n) is 2.93. The molecule has 0 bridgehead atoms. The van der Waals surface area contributed by atoms with Crippen molar-refractivity contribution in [3.05, 3.63) is 34.3 Å². The van der Waals surface area contributed by atoms with E-state index in [9.17, 15) is 9.90 Å². The van der Waals surface area contributed by atoms with Gasteiger partial charge < -0.3 is 14.7 Å². The lowest BCUT2D eigenvalue weighted by Gasteiger charge is -2.37. The van der Waals surface area contributed by atoms with Crippen molar-refractivity contribution >= 4 is 22.0 Å². The summed E-state index contributed by atoms with van der Waals surface area (Å²) >= 11 is 3.42. The van der Waals surface area contributed by atoms with Gasteiger partial charge >= 0.3 is 6.09 Å². The summed E-state index contributed by atoms with van der Waals surface area (Å²) in [5.41, 5.74) is 1.15. The van der Waals surface area contributed by atoms with Crippen molar-refractivity contribution in [3.8, 4) is 0 Å². The number of piperidine rings is 1. The van der Waals surface area contributed by atoms with Crippen LogP contribution in [0.4, 0.5) is 4.79 Å². The van der Waals surface area contributed by atoms with Gasteiger partial charge in [-0.3, -0.25) is 0 Å². The lowest BCUT2D eigenvalue weighted by Crippen LogP contribution is -2.47. The first kappa shape index (κ1) is 17.3. The SMILES string of the molecule is CCCCC1CC(OCc2ccc(Br)cc2)CCN1C(=O)O. The second-order valence-corrected chi connectivity index (χ2v) is 6.77. The van der Waals surface area contributed by atoms with Crippen LogP contribution >= 0.6 is 15.9 Å². The molecule has 22 heavy (non-hydrogen) atoms. The van der Waals surface area contributed by atoms with Crippen molar-refractivity contribution in [2.24, 2.45) is 0 Å². The van der Waals surface area contributed by atoms with Gasteiger partial charge in [-0.05, 0) is 37.0 Å². The van der Waals surface area contributed by atoms with Gasteiger partial charge in [-0.15, -0.1) is 0 Å². The summed E-state index contributed by atoms with van der Waals surface area (Å²) in [5.74, 6) is 0. The van der Waals surface area contributed by atoms with Crippen molar-refractivity contribution in [1.29, 1.82) is 0 Å². The highest BCUT2D eigenvalue weighted by Crippen LogP contribution is 2.25. The van der Waals surface area contributed by atoms with Crippen LogP contribution < -0.4 is 0 Å². The van der Waals surface area contributed by atoms with E-state index >= 15 is 0 Å². The van der Waals surface area contributed by atoms with E-state index in [0.717, 1.165) is 42.1 Å². The first-order valence-corrected chi connectivity index (χ1v) is 8.75. The van der Waals surface area contributed by atoms with E-state index in [1.54, 1.807) is 4.90 Å². The smallest absolute Gasteiger partial charge is 0.407 e. The summed E-state index contributed by atoms with van der Waals surface area (Å²) in [4.78, 5) is 12.9. The lowest BCUT2D eigenvalue weighted by atomic mass is 9.95. The van der Waals surface area contributed by atoms with Crippen LogP contribution in [0.2, 0.25) is 0 Å². The molecule has 4 nitrogen and oxygen atoms in total. The minimum absolute atomic E-state index is 0.0983. The molecule has 1 aliphatic rings. The molecule has 1 saturated heterocycles. The number of rotatable bonds is 6. The quantitative estimate of drug-likeness (QED) is 0.792. The maximum absolute atomic E-state index is 11.3. The van der Waals surface area contributed by atoms with Crippen molar-refractivity contribution in [1.82, 2.24) is 4.90 Å². The number of nitrogens with zero attached hydrogens (tertiary/aromatic N) is 1. The summed E-state index contributed by atoms with van der Waals surface area (Å²) < 4.78 is 7.07. The van der Waals surface area contributed by atoms with Crippen LogP contribution in [0.25, 0.3) is 0 Å². The molecule has 1 N–H and O–H groups in total. The molecule has 2 unspecified atom stereocenters. The largest absolute Gasteiger partial charge is 0.465 e. The molecule has 5 heteroatoms. The fraction of sp³-hybridized carbons (Fsp3) is 0.588. The molecule has 0 aromatic heterocycles. The summed E-state index contributed by atoms with van der Waals surface area (Å²) in [6.45, 7) is 3.30. The highest BCUT2D eigenvalue weighted by atomic mass is 79.9. The predicted molar refractivity (Wildman–Crippen MR) is 90.0 cm³/mol. The maximum atomic E-state index is 11.3. The number of carboxylic acid groups (broad SMARTS) is 1. The van der Waals surface area contributed by atoms with Gasteiger partial charge in [0.15, 0.2) is 0 Å². The Morgan fingerprint density at radius 2 is 2.14 bits per heavy atom. The van der Waals surface area contributed by atoms with Gasteiger partial charge in [-0.1, -0.05) is 47.8 Å². The van der Waals surface area contributed by atoms with E-state index in [4.69, 9.17) is 4.74 Å². The van der Waals surface area contributed by atoms with Crippen LogP contribution in [0.15, 0.2) is 28.7 Å². The number of unbranched alkanes of at least 4 members (excludes halogenated alkanes) is 1. The Bertz CT molecular complexity index is 477. The highest BCUT2D eigenvalue weighted by Gasteiger charge is 2.31. The predicted octanol–water partition coefficient (Wildman–Crippen LogP) is 4.67. The van der Waals surface area contributed by atoms with Crippen LogP contribution in [0.1, 0.15) is 44.6 Å². The number of carbonyl (C=O) groups is 1. The van der Waals surface area contributed by atoms with E-state index in [0.29, 0.717) is 13.2 Å². The number of ether oxygens (including phenoxy) is 1.